The van der Waals surface area contributed by atoms with E-state index < -0.39 is 0 Å². The van der Waals surface area contributed by atoms with Crippen molar-refractivity contribution in [1.82, 2.24) is 9.97 Å². The maximum absolute atomic E-state index is 6.01. The van der Waals surface area contributed by atoms with Crippen LogP contribution < -0.4 is 5.73 Å². The standard InChI is InChI=1S/C9H15N3/c1-3-7-6(2)11-8(12-7)9(10)4-5-9/h3-5,10H2,1-2H3,(H,11,12). The summed E-state index contributed by atoms with van der Waals surface area (Å²) in [5.41, 5.74) is 8.22. The molecule has 0 radical (unpaired) electrons. The Morgan fingerprint density at radius 1 is 1.58 bits per heavy atom. The summed E-state index contributed by atoms with van der Waals surface area (Å²) >= 11 is 0. The highest BCUT2D eigenvalue weighted by Gasteiger charge is 2.43. The third-order valence-corrected chi connectivity index (χ3v) is 2.58. The van der Waals surface area contributed by atoms with E-state index in [1.807, 2.05) is 0 Å². The second-order valence-electron chi connectivity index (χ2n) is 3.67. The molecule has 3 N–H and O–H groups in total. The number of aromatic amines is 1. The Morgan fingerprint density at radius 2 is 2.25 bits per heavy atom. The Balaban J connectivity index is 2.34. The summed E-state index contributed by atoms with van der Waals surface area (Å²) in [4.78, 5) is 7.74. The molecule has 1 aromatic heterocycles. The summed E-state index contributed by atoms with van der Waals surface area (Å²) in [5, 5.41) is 0. The van der Waals surface area contributed by atoms with Crippen LogP contribution in [-0.4, -0.2) is 9.97 Å². The molecule has 0 unspecified atom stereocenters. The van der Waals surface area contributed by atoms with E-state index in [1.165, 1.54) is 5.69 Å². The number of hydrogen-bond donors (Lipinski definition) is 2. The van der Waals surface area contributed by atoms with E-state index in [-0.39, 0.29) is 5.54 Å². The topological polar surface area (TPSA) is 54.7 Å². The molecule has 3 nitrogen and oxygen atoms in total. The predicted octanol–water partition coefficient (Wildman–Crippen LogP) is 1.23. The van der Waals surface area contributed by atoms with E-state index in [1.54, 1.807) is 0 Å². The molecule has 2 rings (SSSR count). The van der Waals surface area contributed by atoms with Crippen LogP contribution in [0.2, 0.25) is 0 Å². The molecule has 0 aromatic carbocycles. The van der Waals surface area contributed by atoms with Crippen LogP contribution in [0.25, 0.3) is 0 Å². The Kier molecular flexibility index (Phi) is 1.51. The maximum atomic E-state index is 6.01. The molecule has 0 aliphatic heterocycles. The molecule has 1 aliphatic rings. The summed E-state index contributed by atoms with van der Waals surface area (Å²) in [5.74, 6) is 0.983. The van der Waals surface area contributed by atoms with Crippen molar-refractivity contribution in [3.05, 3.63) is 17.2 Å². The Hall–Kier alpha value is -0.830. The van der Waals surface area contributed by atoms with Crippen LogP contribution in [0.1, 0.15) is 37.0 Å². The number of aryl methyl sites for hydroxylation is 2. The van der Waals surface area contributed by atoms with Gasteiger partial charge in [0.05, 0.1) is 11.2 Å². The molecule has 0 atom stereocenters. The minimum atomic E-state index is -0.113. The first kappa shape index (κ1) is 7.80. The molecule has 1 aromatic rings. The quantitative estimate of drug-likeness (QED) is 0.692. The van der Waals surface area contributed by atoms with Crippen molar-refractivity contribution in [1.29, 1.82) is 0 Å². The fourth-order valence-electron chi connectivity index (χ4n) is 1.45. The number of nitrogens with one attached hydrogen (secondary N) is 1. The number of H-pyrrole nitrogens is 1. The van der Waals surface area contributed by atoms with Crippen LogP contribution in [-0.2, 0) is 12.0 Å². The van der Waals surface area contributed by atoms with Crippen molar-refractivity contribution in [3.63, 3.8) is 0 Å². The average molecular weight is 165 g/mol. The van der Waals surface area contributed by atoms with Gasteiger partial charge >= 0.3 is 0 Å². The van der Waals surface area contributed by atoms with Gasteiger partial charge in [0, 0.05) is 5.69 Å². The van der Waals surface area contributed by atoms with E-state index in [2.05, 4.69) is 23.8 Å². The highest BCUT2D eigenvalue weighted by Crippen LogP contribution is 2.41. The van der Waals surface area contributed by atoms with Crippen LogP contribution in [0.3, 0.4) is 0 Å². The van der Waals surface area contributed by atoms with E-state index in [0.29, 0.717) is 0 Å². The smallest absolute Gasteiger partial charge is 0.126 e. The summed E-state index contributed by atoms with van der Waals surface area (Å²) in [7, 11) is 0. The summed E-state index contributed by atoms with van der Waals surface area (Å²) in [6.07, 6.45) is 3.13. The summed E-state index contributed by atoms with van der Waals surface area (Å²) in [6, 6.07) is 0. The van der Waals surface area contributed by atoms with Gasteiger partial charge in [0.25, 0.3) is 0 Å². The lowest BCUT2D eigenvalue weighted by Crippen LogP contribution is -2.20. The fourth-order valence-corrected chi connectivity index (χ4v) is 1.45. The average Bonchev–Trinajstić information content (AvgIpc) is 2.65. The predicted molar refractivity (Wildman–Crippen MR) is 47.8 cm³/mol. The van der Waals surface area contributed by atoms with Gasteiger partial charge in [0.2, 0.25) is 0 Å². The zero-order valence-electron chi connectivity index (χ0n) is 7.65. The van der Waals surface area contributed by atoms with Crippen LogP contribution in [0.4, 0.5) is 0 Å². The van der Waals surface area contributed by atoms with Crippen molar-refractivity contribution >= 4 is 0 Å². The number of rotatable bonds is 2. The monoisotopic (exact) mass is 165 g/mol. The molecule has 3 heteroatoms. The molecule has 1 aliphatic carbocycles. The maximum Gasteiger partial charge on any atom is 0.126 e. The second kappa shape index (κ2) is 2.33. The van der Waals surface area contributed by atoms with Crippen LogP contribution >= 0.6 is 0 Å². The first-order chi connectivity index (χ1) is 5.65. The first-order valence-electron chi connectivity index (χ1n) is 4.50. The van der Waals surface area contributed by atoms with E-state index in [0.717, 1.165) is 30.8 Å². The van der Waals surface area contributed by atoms with Gasteiger partial charge in [-0.05, 0) is 26.2 Å². The van der Waals surface area contributed by atoms with E-state index in [4.69, 9.17) is 5.73 Å². The van der Waals surface area contributed by atoms with Crippen LogP contribution in [0.15, 0.2) is 0 Å². The van der Waals surface area contributed by atoms with Gasteiger partial charge in [-0.3, -0.25) is 0 Å². The molecule has 0 amide bonds. The normalized spacial score (nSPS) is 19.6. The third-order valence-electron chi connectivity index (χ3n) is 2.58. The molecule has 0 spiro atoms. The summed E-state index contributed by atoms with van der Waals surface area (Å²) in [6.45, 7) is 4.17. The molecule has 66 valence electrons. The highest BCUT2D eigenvalue weighted by molar-refractivity contribution is 5.22. The van der Waals surface area contributed by atoms with Crippen molar-refractivity contribution in [2.75, 3.05) is 0 Å². The SMILES string of the molecule is CCc1nc(C2(N)CC2)[nH]c1C. The number of nitrogens with two attached hydrogens (primary N) is 1. The minimum Gasteiger partial charge on any atom is -0.344 e. The van der Waals surface area contributed by atoms with Crippen molar-refractivity contribution in [3.8, 4) is 0 Å². The number of imidazole rings is 1. The van der Waals surface area contributed by atoms with E-state index in [9.17, 15) is 0 Å². The third kappa shape index (κ3) is 1.05. The van der Waals surface area contributed by atoms with E-state index >= 15 is 0 Å². The number of aromatic nitrogens is 2. The van der Waals surface area contributed by atoms with Gasteiger partial charge in [-0.25, -0.2) is 4.98 Å². The lowest BCUT2D eigenvalue weighted by molar-refractivity contribution is 0.681. The molecule has 0 bridgehead atoms. The van der Waals surface area contributed by atoms with Gasteiger partial charge in [-0.1, -0.05) is 6.92 Å². The highest BCUT2D eigenvalue weighted by atomic mass is 15.0. The Morgan fingerprint density at radius 3 is 2.67 bits per heavy atom. The fraction of sp³-hybridized carbons (Fsp3) is 0.667. The van der Waals surface area contributed by atoms with Gasteiger partial charge < -0.3 is 10.7 Å². The van der Waals surface area contributed by atoms with Crippen molar-refractivity contribution < 1.29 is 0 Å². The van der Waals surface area contributed by atoms with Crippen LogP contribution in [0, 0.1) is 6.92 Å². The van der Waals surface area contributed by atoms with Gasteiger partial charge in [0.15, 0.2) is 0 Å². The number of hydrogen-bond acceptors (Lipinski definition) is 2. The second-order valence-corrected chi connectivity index (χ2v) is 3.67. The van der Waals surface area contributed by atoms with Gasteiger partial charge in [-0.15, -0.1) is 0 Å². The molecular formula is C9H15N3. The molecule has 0 saturated heterocycles. The lowest BCUT2D eigenvalue weighted by Gasteiger charge is -2.01. The van der Waals surface area contributed by atoms with Crippen LogP contribution in [0.5, 0.6) is 0 Å². The Labute approximate surface area is 72.4 Å². The molecule has 1 saturated carbocycles. The molecule has 12 heavy (non-hydrogen) atoms. The zero-order chi connectivity index (χ0) is 8.77. The molecular weight excluding hydrogens is 150 g/mol. The molecule has 1 fully saturated rings. The number of nitrogens with zero attached hydrogens (tertiary/aromatic N) is 1. The summed E-state index contributed by atoms with van der Waals surface area (Å²) < 4.78 is 0. The molecule has 1 heterocycles. The largest absolute Gasteiger partial charge is 0.344 e. The zero-order valence-corrected chi connectivity index (χ0v) is 7.65. The van der Waals surface area contributed by atoms with Gasteiger partial charge in [0.1, 0.15) is 5.82 Å². The van der Waals surface area contributed by atoms with Crippen molar-refractivity contribution in [2.24, 2.45) is 5.73 Å². The lowest BCUT2D eigenvalue weighted by atomic mass is 10.3. The Bertz CT molecular complexity index is 297. The van der Waals surface area contributed by atoms with Crippen molar-refractivity contribution in [2.45, 2.75) is 38.6 Å². The first-order valence-corrected chi connectivity index (χ1v) is 4.50. The van der Waals surface area contributed by atoms with Gasteiger partial charge in [-0.2, -0.15) is 0 Å². The minimum absolute atomic E-state index is 0.113.